The Labute approximate surface area is 93.7 Å². The van der Waals surface area contributed by atoms with Gasteiger partial charge in [-0.3, -0.25) is 4.90 Å². The van der Waals surface area contributed by atoms with E-state index < -0.39 is 0 Å². The highest BCUT2D eigenvalue weighted by molar-refractivity contribution is 5.22. The quantitative estimate of drug-likeness (QED) is 0.672. The lowest BCUT2D eigenvalue weighted by molar-refractivity contribution is 0.283. The van der Waals surface area contributed by atoms with Gasteiger partial charge in [0.2, 0.25) is 0 Å². The predicted molar refractivity (Wildman–Crippen MR) is 65.0 cm³/mol. The third-order valence-corrected chi connectivity index (χ3v) is 3.49. The van der Waals surface area contributed by atoms with Gasteiger partial charge in [0.05, 0.1) is 0 Å². The van der Waals surface area contributed by atoms with Crippen LogP contribution in [0.3, 0.4) is 0 Å². The number of hydrogen-bond acceptors (Lipinski definition) is 2. The van der Waals surface area contributed by atoms with Crippen molar-refractivity contribution in [3.8, 4) is 0 Å². The Bertz CT molecular complexity index is 235. The van der Waals surface area contributed by atoms with Crippen LogP contribution < -0.4 is 5.32 Å². The van der Waals surface area contributed by atoms with Gasteiger partial charge in [0.1, 0.15) is 0 Å². The molecule has 0 radical (unpaired) electrons. The Morgan fingerprint density at radius 1 is 1.40 bits per heavy atom. The van der Waals surface area contributed by atoms with E-state index in [0.29, 0.717) is 0 Å². The van der Waals surface area contributed by atoms with Crippen molar-refractivity contribution >= 4 is 0 Å². The minimum atomic E-state index is 1.02. The maximum absolute atomic E-state index is 3.32. The molecule has 1 aliphatic carbocycles. The monoisotopic (exact) mass is 208 g/mol. The van der Waals surface area contributed by atoms with Crippen molar-refractivity contribution in [3.05, 3.63) is 11.1 Å². The van der Waals surface area contributed by atoms with Crippen molar-refractivity contribution in [3.63, 3.8) is 0 Å². The van der Waals surface area contributed by atoms with Gasteiger partial charge in [0.15, 0.2) is 0 Å². The van der Waals surface area contributed by atoms with E-state index in [1.165, 1.54) is 38.9 Å². The SMILES string of the molecule is CCCN(CC(C)=C1CNC1)CC1CC1. The van der Waals surface area contributed by atoms with Gasteiger partial charge >= 0.3 is 0 Å². The lowest BCUT2D eigenvalue weighted by atomic mass is 10.0. The second-order valence-corrected chi connectivity index (χ2v) is 5.17. The lowest BCUT2D eigenvalue weighted by Gasteiger charge is -2.27. The minimum absolute atomic E-state index is 1.02. The second-order valence-electron chi connectivity index (χ2n) is 5.17. The molecule has 1 saturated carbocycles. The molecule has 0 aromatic heterocycles. The molecule has 2 nitrogen and oxygen atoms in total. The van der Waals surface area contributed by atoms with Gasteiger partial charge in [0, 0.05) is 26.2 Å². The molecule has 0 unspecified atom stereocenters. The molecule has 1 saturated heterocycles. The summed E-state index contributed by atoms with van der Waals surface area (Å²) in [5.74, 6) is 1.02. The highest BCUT2D eigenvalue weighted by Gasteiger charge is 2.24. The van der Waals surface area contributed by atoms with Crippen molar-refractivity contribution in [2.75, 3.05) is 32.7 Å². The molecule has 2 aliphatic rings. The average Bonchev–Trinajstić information content (AvgIpc) is 2.84. The van der Waals surface area contributed by atoms with E-state index >= 15 is 0 Å². The minimum Gasteiger partial charge on any atom is -0.309 e. The zero-order valence-electron chi connectivity index (χ0n) is 10.2. The Morgan fingerprint density at radius 2 is 2.13 bits per heavy atom. The number of nitrogens with zero attached hydrogens (tertiary/aromatic N) is 1. The van der Waals surface area contributed by atoms with Gasteiger partial charge in [-0.05, 0) is 44.2 Å². The lowest BCUT2D eigenvalue weighted by Crippen LogP contribution is -2.37. The van der Waals surface area contributed by atoms with Gasteiger partial charge in [-0.15, -0.1) is 0 Å². The Balaban J connectivity index is 1.81. The van der Waals surface area contributed by atoms with E-state index in [-0.39, 0.29) is 0 Å². The molecule has 86 valence electrons. The first-order valence-electron chi connectivity index (χ1n) is 6.40. The van der Waals surface area contributed by atoms with E-state index in [4.69, 9.17) is 0 Å². The van der Waals surface area contributed by atoms with Crippen LogP contribution in [0.1, 0.15) is 33.1 Å². The van der Waals surface area contributed by atoms with Gasteiger partial charge in [0.25, 0.3) is 0 Å². The number of nitrogens with one attached hydrogen (secondary N) is 1. The van der Waals surface area contributed by atoms with Crippen LogP contribution in [0.15, 0.2) is 11.1 Å². The normalized spacial score (nSPS) is 20.6. The van der Waals surface area contributed by atoms with Crippen molar-refractivity contribution in [2.24, 2.45) is 5.92 Å². The molecule has 1 heterocycles. The Kier molecular flexibility index (Phi) is 3.81. The first kappa shape index (κ1) is 11.2. The summed E-state index contributed by atoms with van der Waals surface area (Å²) < 4.78 is 0. The smallest absolute Gasteiger partial charge is 0.0193 e. The zero-order chi connectivity index (χ0) is 10.7. The summed E-state index contributed by atoms with van der Waals surface area (Å²) in [4.78, 5) is 2.65. The van der Waals surface area contributed by atoms with Crippen molar-refractivity contribution in [1.29, 1.82) is 0 Å². The largest absolute Gasteiger partial charge is 0.309 e. The third-order valence-electron chi connectivity index (χ3n) is 3.49. The standard InChI is InChI=1S/C13H24N2/c1-3-6-15(10-12-4-5-12)9-11(2)13-7-14-8-13/h12,14H,3-10H2,1-2H3. The number of hydrogen-bond donors (Lipinski definition) is 1. The topological polar surface area (TPSA) is 15.3 Å². The summed E-state index contributed by atoms with van der Waals surface area (Å²) in [6, 6.07) is 0. The average molecular weight is 208 g/mol. The van der Waals surface area contributed by atoms with Crippen molar-refractivity contribution in [2.45, 2.75) is 33.1 Å². The first-order valence-corrected chi connectivity index (χ1v) is 6.40. The second kappa shape index (κ2) is 5.13. The predicted octanol–water partition coefficient (Wildman–Crippen LogP) is 2.03. The fourth-order valence-corrected chi connectivity index (χ4v) is 2.22. The molecule has 1 aliphatic heterocycles. The molecule has 0 aromatic rings. The van der Waals surface area contributed by atoms with Gasteiger partial charge < -0.3 is 5.32 Å². The summed E-state index contributed by atoms with van der Waals surface area (Å²) in [5, 5.41) is 3.32. The Hall–Kier alpha value is -0.340. The third kappa shape index (κ3) is 3.32. The Morgan fingerprint density at radius 3 is 2.60 bits per heavy atom. The number of rotatable bonds is 6. The van der Waals surface area contributed by atoms with E-state index in [1.807, 2.05) is 0 Å². The zero-order valence-corrected chi connectivity index (χ0v) is 10.2. The van der Waals surface area contributed by atoms with E-state index in [1.54, 1.807) is 11.1 Å². The molecular formula is C13H24N2. The van der Waals surface area contributed by atoms with Crippen LogP contribution in [0.25, 0.3) is 0 Å². The highest BCUT2D eigenvalue weighted by atomic mass is 15.1. The van der Waals surface area contributed by atoms with Crippen LogP contribution in [0.5, 0.6) is 0 Å². The van der Waals surface area contributed by atoms with Crippen LogP contribution in [0, 0.1) is 5.92 Å². The maximum Gasteiger partial charge on any atom is 0.0193 e. The van der Waals surface area contributed by atoms with Crippen LogP contribution in [-0.2, 0) is 0 Å². The first-order chi connectivity index (χ1) is 7.29. The van der Waals surface area contributed by atoms with Crippen molar-refractivity contribution in [1.82, 2.24) is 10.2 Å². The van der Waals surface area contributed by atoms with Gasteiger partial charge in [-0.2, -0.15) is 0 Å². The fourth-order valence-electron chi connectivity index (χ4n) is 2.22. The summed E-state index contributed by atoms with van der Waals surface area (Å²) in [6.45, 7) is 10.7. The summed E-state index contributed by atoms with van der Waals surface area (Å²) in [6.07, 6.45) is 4.22. The fraction of sp³-hybridized carbons (Fsp3) is 0.846. The molecule has 15 heavy (non-hydrogen) atoms. The van der Waals surface area contributed by atoms with Gasteiger partial charge in [-0.25, -0.2) is 0 Å². The van der Waals surface area contributed by atoms with Crippen LogP contribution >= 0.6 is 0 Å². The van der Waals surface area contributed by atoms with E-state index in [9.17, 15) is 0 Å². The summed E-state index contributed by atoms with van der Waals surface area (Å²) in [5.41, 5.74) is 3.26. The molecule has 2 rings (SSSR count). The summed E-state index contributed by atoms with van der Waals surface area (Å²) >= 11 is 0. The van der Waals surface area contributed by atoms with E-state index in [0.717, 1.165) is 19.0 Å². The molecule has 0 spiro atoms. The summed E-state index contributed by atoms with van der Waals surface area (Å²) in [7, 11) is 0. The molecule has 0 bridgehead atoms. The van der Waals surface area contributed by atoms with Crippen molar-refractivity contribution < 1.29 is 0 Å². The molecule has 2 fully saturated rings. The van der Waals surface area contributed by atoms with Gasteiger partial charge in [-0.1, -0.05) is 12.5 Å². The maximum atomic E-state index is 3.32. The van der Waals surface area contributed by atoms with Crippen LogP contribution in [0.2, 0.25) is 0 Å². The molecule has 1 N–H and O–H groups in total. The van der Waals surface area contributed by atoms with Crippen LogP contribution in [0.4, 0.5) is 0 Å². The molecule has 2 heteroatoms. The molecular weight excluding hydrogens is 184 g/mol. The van der Waals surface area contributed by atoms with E-state index in [2.05, 4.69) is 24.1 Å². The molecule has 0 atom stereocenters. The van der Waals surface area contributed by atoms with Crippen LogP contribution in [-0.4, -0.2) is 37.6 Å². The molecule has 0 aromatic carbocycles. The molecule has 0 amide bonds. The highest BCUT2D eigenvalue weighted by Crippen LogP contribution is 2.30.